The Kier molecular flexibility index (Phi) is 5.67. The van der Waals surface area contributed by atoms with Crippen molar-refractivity contribution in [1.29, 1.82) is 0 Å². The van der Waals surface area contributed by atoms with Gasteiger partial charge in [0.15, 0.2) is 0 Å². The lowest BCUT2D eigenvalue weighted by atomic mass is 10.2. The lowest BCUT2D eigenvalue weighted by Gasteiger charge is -2.17. The number of hydrogen-bond acceptors (Lipinski definition) is 4. The fourth-order valence-electron chi connectivity index (χ4n) is 2.61. The predicted octanol–water partition coefficient (Wildman–Crippen LogP) is 2.93. The molecule has 0 spiro atoms. The maximum absolute atomic E-state index is 12.2. The molecule has 6 heteroatoms. The van der Waals surface area contributed by atoms with Crippen molar-refractivity contribution in [2.75, 3.05) is 19.7 Å². The van der Waals surface area contributed by atoms with Gasteiger partial charge in [0.2, 0.25) is 5.91 Å². The molecule has 126 valence electrons. The summed E-state index contributed by atoms with van der Waals surface area (Å²) in [6, 6.07) is 11.5. The van der Waals surface area contributed by atoms with Crippen LogP contribution >= 0.6 is 11.6 Å². The topological polar surface area (TPSA) is 51.7 Å². The van der Waals surface area contributed by atoms with Gasteiger partial charge in [-0.1, -0.05) is 41.9 Å². The van der Waals surface area contributed by atoms with E-state index in [0.717, 1.165) is 12.0 Å². The second kappa shape index (κ2) is 8.13. The first-order chi connectivity index (χ1) is 11.7. The Morgan fingerprint density at radius 2 is 2.12 bits per heavy atom. The van der Waals surface area contributed by atoms with Gasteiger partial charge in [0.25, 0.3) is 0 Å². The van der Waals surface area contributed by atoms with Crippen molar-refractivity contribution in [3.05, 3.63) is 59.4 Å². The molecule has 1 saturated heterocycles. The van der Waals surface area contributed by atoms with Crippen LogP contribution in [0.15, 0.2) is 48.8 Å². The molecule has 5 nitrogen and oxygen atoms in total. The quantitative estimate of drug-likeness (QED) is 0.807. The van der Waals surface area contributed by atoms with E-state index in [1.807, 2.05) is 30.3 Å². The molecular weight excluding hydrogens is 328 g/mol. The molecule has 1 aromatic heterocycles. The standard InChI is InChI=1S/C18H19ClN2O3/c19-16-10-20-8-6-17(16)24-15-7-9-21(11-15)18(22)13-23-12-14-4-2-1-3-5-14/h1-6,8,10,15H,7,9,11-13H2. The number of amides is 1. The van der Waals surface area contributed by atoms with Gasteiger partial charge in [0.05, 0.1) is 13.2 Å². The molecule has 0 N–H and O–H groups in total. The van der Waals surface area contributed by atoms with Crippen LogP contribution in [0.2, 0.25) is 5.02 Å². The zero-order chi connectivity index (χ0) is 16.8. The zero-order valence-corrected chi connectivity index (χ0v) is 14.0. The first-order valence-corrected chi connectivity index (χ1v) is 8.26. The Morgan fingerprint density at radius 3 is 2.92 bits per heavy atom. The van der Waals surface area contributed by atoms with Crippen molar-refractivity contribution >= 4 is 17.5 Å². The van der Waals surface area contributed by atoms with Gasteiger partial charge < -0.3 is 14.4 Å². The number of ether oxygens (including phenoxy) is 2. The van der Waals surface area contributed by atoms with Crippen LogP contribution in [0.3, 0.4) is 0 Å². The van der Waals surface area contributed by atoms with Crippen molar-refractivity contribution in [3.63, 3.8) is 0 Å². The molecule has 1 aliphatic rings. The SMILES string of the molecule is O=C(COCc1ccccc1)N1CCC(Oc2ccncc2Cl)C1. The number of aromatic nitrogens is 1. The summed E-state index contributed by atoms with van der Waals surface area (Å²) in [4.78, 5) is 17.9. The molecule has 0 bridgehead atoms. The van der Waals surface area contributed by atoms with Crippen LogP contribution in [0.1, 0.15) is 12.0 Å². The zero-order valence-electron chi connectivity index (χ0n) is 13.2. The van der Waals surface area contributed by atoms with Gasteiger partial charge in [-0.2, -0.15) is 0 Å². The van der Waals surface area contributed by atoms with E-state index in [9.17, 15) is 4.79 Å². The smallest absolute Gasteiger partial charge is 0.248 e. The molecule has 1 aliphatic heterocycles. The van der Waals surface area contributed by atoms with E-state index < -0.39 is 0 Å². The van der Waals surface area contributed by atoms with Crippen LogP contribution < -0.4 is 4.74 Å². The second-order valence-electron chi connectivity index (χ2n) is 5.65. The normalized spacial score (nSPS) is 17.0. The third-order valence-corrected chi connectivity index (χ3v) is 4.15. The molecule has 1 unspecified atom stereocenters. The van der Waals surface area contributed by atoms with Crippen LogP contribution in [0.5, 0.6) is 5.75 Å². The number of pyridine rings is 1. The molecule has 3 rings (SSSR count). The van der Waals surface area contributed by atoms with Gasteiger partial charge in [0.1, 0.15) is 23.5 Å². The number of benzene rings is 1. The molecule has 24 heavy (non-hydrogen) atoms. The highest BCUT2D eigenvalue weighted by atomic mass is 35.5. The maximum atomic E-state index is 12.2. The van der Waals surface area contributed by atoms with Crippen molar-refractivity contribution in [2.45, 2.75) is 19.1 Å². The molecule has 1 amide bonds. The van der Waals surface area contributed by atoms with Gasteiger partial charge in [-0.05, 0) is 5.56 Å². The third kappa shape index (κ3) is 4.46. The number of halogens is 1. The number of hydrogen-bond donors (Lipinski definition) is 0. The average molecular weight is 347 g/mol. The summed E-state index contributed by atoms with van der Waals surface area (Å²) >= 11 is 6.04. The summed E-state index contributed by atoms with van der Waals surface area (Å²) in [5.41, 5.74) is 1.06. The molecule has 1 atom stereocenters. The van der Waals surface area contributed by atoms with Crippen LogP contribution in [-0.2, 0) is 16.1 Å². The van der Waals surface area contributed by atoms with Crippen LogP contribution in [0.4, 0.5) is 0 Å². The van der Waals surface area contributed by atoms with E-state index >= 15 is 0 Å². The second-order valence-corrected chi connectivity index (χ2v) is 6.06. The average Bonchev–Trinajstić information content (AvgIpc) is 3.07. The molecule has 0 aliphatic carbocycles. The van der Waals surface area contributed by atoms with Gasteiger partial charge in [-0.25, -0.2) is 0 Å². The van der Waals surface area contributed by atoms with E-state index in [0.29, 0.717) is 30.5 Å². The summed E-state index contributed by atoms with van der Waals surface area (Å²) in [5, 5.41) is 0.480. The fraction of sp³-hybridized carbons (Fsp3) is 0.333. The van der Waals surface area contributed by atoms with Crippen LogP contribution in [0.25, 0.3) is 0 Å². The van der Waals surface area contributed by atoms with Crippen LogP contribution in [0, 0.1) is 0 Å². The first kappa shape index (κ1) is 16.7. The van der Waals surface area contributed by atoms with Crippen molar-refractivity contribution in [1.82, 2.24) is 9.88 Å². The van der Waals surface area contributed by atoms with Gasteiger partial charge in [-0.3, -0.25) is 9.78 Å². The lowest BCUT2D eigenvalue weighted by molar-refractivity contribution is -0.135. The lowest BCUT2D eigenvalue weighted by Crippen LogP contribution is -2.33. The summed E-state index contributed by atoms with van der Waals surface area (Å²) in [6.07, 6.45) is 3.91. The molecule has 1 fully saturated rings. The minimum Gasteiger partial charge on any atom is -0.487 e. The Bertz CT molecular complexity index is 681. The van der Waals surface area contributed by atoms with Crippen molar-refractivity contribution < 1.29 is 14.3 Å². The number of carbonyl (C=O) groups is 1. The summed E-state index contributed by atoms with van der Waals surface area (Å²) in [7, 11) is 0. The Balaban J connectivity index is 1.43. The Labute approximate surface area is 146 Å². The van der Waals surface area contributed by atoms with E-state index in [4.69, 9.17) is 21.1 Å². The number of nitrogens with zero attached hydrogens (tertiary/aromatic N) is 2. The van der Waals surface area contributed by atoms with E-state index in [2.05, 4.69) is 4.98 Å². The number of likely N-dealkylation sites (tertiary alicyclic amines) is 1. The van der Waals surface area contributed by atoms with E-state index in [-0.39, 0.29) is 18.6 Å². The molecule has 0 radical (unpaired) electrons. The van der Waals surface area contributed by atoms with E-state index in [1.165, 1.54) is 0 Å². The highest BCUT2D eigenvalue weighted by molar-refractivity contribution is 6.31. The minimum absolute atomic E-state index is 0.0159. The Morgan fingerprint density at radius 1 is 1.29 bits per heavy atom. The third-order valence-electron chi connectivity index (χ3n) is 3.86. The summed E-state index contributed by atoms with van der Waals surface area (Å²) < 4.78 is 11.4. The van der Waals surface area contributed by atoms with E-state index in [1.54, 1.807) is 23.4 Å². The first-order valence-electron chi connectivity index (χ1n) is 7.88. The molecular formula is C18H19ClN2O3. The van der Waals surface area contributed by atoms with Gasteiger partial charge in [-0.15, -0.1) is 0 Å². The minimum atomic E-state index is -0.0528. The van der Waals surface area contributed by atoms with Crippen molar-refractivity contribution in [3.8, 4) is 5.75 Å². The molecule has 2 aromatic rings. The fourth-order valence-corrected chi connectivity index (χ4v) is 2.77. The Hall–Kier alpha value is -2.11. The van der Waals surface area contributed by atoms with Gasteiger partial charge >= 0.3 is 0 Å². The molecule has 2 heterocycles. The maximum Gasteiger partial charge on any atom is 0.248 e. The predicted molar refractivity (Wildman–Crippen MR) is 91.0 cm³/mol. The monoisotopic (exact) mass is 346 g/mol. The highest BCUT2D eigenvalue weighted by Crippen LogP contribution is 2.25. The number of carbonyl (C=O) groups excluding carboxylic acids is 1. The largest absolute Gasteiger partial charge is 0.487 e. The molecule has 0 saturated carbocycles. The van der Waals surface area contributed by atoms with Crippen LogP contribution in [-0.4, -0.2) is 41.6 Å². The van der Waals surface area contributed by atoms with Gasteiger partial charge in [0, 0.05) is 31.4 Å². The highest BCUT2D eigenvalue weighted by Gasteiger charge is 2.27. The number of rotatable bonds is 6. The summed E-state index contributed by atoms with van der Waals surface area (Å²) in [5.74, 6) is 0.587. The molecule has 1 aromatic carbocycles. The summed E-state index contributed by atoms with van der Waals surface area (Å²) in [6.45, 7) is 1.73. The van der Waals surface area contributed by atoms with Crippen molar-refractivity contribution in [2.24, 2.45) is 0 Å².